The van der Waals surface area contributed by atoms with Crippen LogP contribution in [0.2, 0.25) is 0 Å². The number of hydrogen-bond acceptors (Lipinski definition) is 6. The Balaban J connectivity index is 1.39. The lowest BCUT2D eigenvalue weighted by Gasteiger charge is -2.26. The average molecular weight is 458 g/mol. The number of amides is 1. The van der Waals surface area contributed by atoms with E-state index in [-0.39, 0.29) is 17.2 Å². The summed E-state index contributed by atoms with van der Waals surface area (Å²) in [5, 5.41) is 7.04. The molecule has 1 aliphatic rings. The van der Waals surface area contributed by atoms with Gasteiger partial charge in [-0.2, -0.15) is 13.9 Å². The summed E-state index contributed by atoms with van der Waals surface area (Å²) >= 11 is 0. The molecule has 5 heterocycles. The van der Waals surface area contributed by atoms with E-state index in [2.05, 4.69) is 25.4 Å². The van der Waals surface area contributed by atoms with Gasteiger partial charge in [-0.25, -0.2) is 23.1 Å². The molecule has 2 N–H and O–H groups in total. The number of aromatic amines is 1. The highest BCUT2D eigenvalue weighted by Crippen LogP contribution is 2.27. The molecular formula is C20H16F2N6O3S. The average Bonchev–Trinajstić information content (AvgIpc) is 3.39. The van der Waals surface area contributed by atoms with E-state index in [0.717, 1.165) is 5.39 Å². The van der Waals surface area contributed by atoms with Crippen molar-refractivity contribution < 1.29 is 22.0 Å². The first-order valence-electron chi connectivity index (χ1n) is 9.57. The molecule has 0 unspecified atom stereocenters. The van der Waals surface area contributed by atoms with Crippen molar-refractivity contribution in [1.82, 2.24) is 30.0 Å². The van der Waals surface area contributed by atoms with E-state index in [1.807, 2.05) is 6.07 Å². The van der Waals surface area contributed by atoms with Gasteiger partial charge in [0.15, 0.2) is 9.84 Å². The van der Waals surface area contributed by atoms with Gasteiger partial charge in [0.25, 0.3) is 5.91 Å². The molecule has 0 bridgehead atoms. The Morgan fingerprint density at radius 3 is 2.72 bits per heavy atom. The summed E-state index contributed by atoms with van der Waals surface area (Å²) in [6, 6.07) is 8.15. The lowest BCUT2D eigenvalue weighted by molar-refractivity contribution is 0.0566. The van der Waals surface area contributed by atoms with Gasteiger partial charge in [-0.05, 0) is 24.3 Å². The van der Waals surface area contributed by atoms with Crippen molar-refractivity contribution >= 4 is 26.8 Å². The SMILES string of the molecule is O=C(NC1CS(=O)(=O)C1)c1cccc(-c2cnc3[nH]c(-c4cnn(C(F)F)c4)cc3c2)n1. The van der Waals surface area contributed by atoms with Gasteiger partial charge in [-0.1, -0.05) is 6.07 Å². The molecule has 1 fully saturated rings. The number of rotatable bonds is 5. The number of nitrogens with zero attached hydrogens (tertiary/aromatic N) is 4. The van der Waals surface area contributed by atoms with Gasteiger partial charge in [0, 0.05) is 28.9 Å². The van der Waals surface area contributed by atoms with Crippen LogP contribution in [-0.2, 0) is 9.84 Å². The van der Waals surface area contributed by atoms with Gasteiger partial charge in [0.2, 0.25) is 0 Å². The number of alkyl halides is 2. The normalized spacial score (nSPS) is 15.7. The number of sulfone groups is 1. The van der Waals surface area contributed by atoms with Crippen LogP contribution in [0.25, 0.3) is 33.5 Å². The summed E-state index contributed by atoms with van der Waals surface area (Å²) in [7, 11) is -3.04. The van der Waals surface area contributed by atoms with Crippen LogP contribution in [0.4, 0.5) is 8.78 Å². The third-order valence-electron chi connectivity index (χ3n) is 5.11. The van der Waals surface area contributed by atoms with Crippen molar-refractivity contribution in [3.05, 3.63) is 54.6 Å². The van der Waals surface area contributed by atoms with Crippen LogP contribution in [0.3, 0.4) is 0 Å². The van der Waals surface area contributed by atoms with Crippen molar-refractivity contribution in [2.75, 3.05) is 11.5 Å². The molecule has 0 radical (unpaired) electrons. The first-order chi connectivity index (χ1) is 15.3. The highest BCUT2D eigenvalue weighted by Gasteiger charge is 2.34. The van der Waals surface area contributed by atoms with E-state index >= 15 is 0 Å². The molecule has 32 heavy (non-hydrogen) atoms. The minimum absolute atomic E-state index is 0.0644. The first kappa shape index (κ1) is 20.2. The Morgan fingerprint density at radius 1 is 1.19 bits per heavy atom. The Morgan fingerprint density at radius 2 is 2.00 bits per heavy atom. The summed E-state index contributed by atoms with van der Waals surface area (Å²) < 4.78 is 48.7. The van der Waals surface area contributed by atoms with Crippen molar-refractivity contribution in [2.24, 2.45) is 0 Å². The number of pyridine rings is 2. The number of H-pyrrole nitrogens is 1. The zero-order valence-electron chi connectivity index (χ0n) is 16.4. The smallest absolute Gasteiger partial charge is 0.333 e. The number of halogens is 2. The second-order valence-corrected chi connectivity index (χ2v) is 9.64. The lowest BCUT2D eigenvalue weighted by atomic mass is 10.1. The van der Waals surface area contributed by atoms with Crippen LogP contribution in [0.15, 0.2) is 48.9 Å². The summed E-state index contributed by atoms with van der Waals surface area (Å²) in [6.45, 7) is -2.72. The fraction of sp³-hybridized carbons (Fsp3) is 0.200. The third-order valence-corrected chi connectivity index (χ3v) is 6.93. The molecule has 12 heteroatoms. The largest absolute Gasteiger partial charge is 0.346 e. The second-order valence-electron chi connectivity index (χ2n) is 7.49. The molecule has 1 aliphatic heterocycles. The maximum absolute atomic E-state index is 12.8. The van der Waals surface area contributed by atoms with Gasteiger partial charge in [-0.3, -0.25) is 4.79 Å². The molecule has 1 amide bonds. The third kappa shape index (κ3) is 3.84. The Hall–Kier alpha value is -3.67. The maximum atomic E-state index is 12.8. The molecule has 4 aromatic heterocycles. The van der Waals surface area contributed by atoms with Crippen LogP contribution in [0.5, 0.6) is 0 Å². The van der Waals surface area contributed by atoms with E-state index in [1.165, 1.54) is 12.4 Å². The van der Waals surface area contributed by atoms with Crippen LogP contribution in [-0.4, -0.2) is 56.6 Å². The summed E-state index contributed by atoms with van der Waals surface area (Å²) in [6.07, 6.45) is 4.18. The van der Waals surface area contributed by atoms with Crippen molar-refractivity contribution in [3.8, 4) is 22.5 Å². The van der Waals surface area contributed by atoms with Gasteiger partial charge >= 0.3 is 6.55 Å². The number of nitrogens with one attached hydrogen (secondary N) is 2. The van der Waals surface area contributed by atoms with Crippen LogP contribution >= 0.6 is 0 Å². The Bertz CT molecular complexity index is 1430. The molecule has 0 atom stereocenters. The quantitative estimate of drug-likeness (QED) is 0.474. The molecule has 0 saturated carbocycles. The molecule has 5 rings (SSSR count). The van der Waals surface area contributed by atoms with Crippen molar-refractivity contribution in [3.63, 3.8) is 0 Å². The molecule has 0 aliphatic carbocycles. The maximum Gasteiger partial charge on any atom is 0.333 e. The predicted octanol–water partition coefficient (Wildman–Crippen LogP) is 2.41. The van der Waals surface area contributed by atoms with E-state index in [4.69, 9.17) is 0 Å². The summed E-state index contributed by atoms with van der Waals surface area (Å²) in [4.78, 5) is 24.2. The van der Waals surface area contributed by atoms with E-state index < -0.39 is 28.3 Å². The molecule has 0 aromatic carbocycles. The van der Waals surface area contributed by atoms with Gasteiger partial charge in [0.1, 0.15) is 11.3 Å². The van der Waals surface area contributed by atoms with Gasteiger partial charge in [0.05, 0.1) is 35.1 Å². The topological polar surface area (TPSA) is 123 Å². The molecular weight excluding hydrogens is 442 g/mol. The lowest BCUT2D eigenvalue weighted by Crippen LogP contribution is -2.53. The molecule has 1 saturated heterocycles. The number of aromatic nitrogens is 5. The number of fused-ring (bicyclic) bond motifs is 1. The molecule has 0 spiro atoms. The van der Waals surface area contributed by atoms with E-state index in [1.54, 1.807) is 30.5 Å². The van der Waals surface area contributed by atoms with Crippen LogP contribution in [0.1, 0.15) is 17.0 Å². The molecule has 9 nitrogen and oxygen atoms in total. The number of hydrogen-bond donors (Lipinski definition) is 2. The molecule has 4 aromatic rings. The highest BCUT2D eigenvalue weighted by atomic mass is 32.2. The number of carbonyl (C=O) groups excluding carboxylic acids is 1. The minimum atomic E-state index is -3.04. The summed E-state index contributed by atoms with van der Waals surface area (Å²) in [5.74, 6) is -0.573. The Kier molecular flexibility index (Phi) is 4.73. The van der Waals surface area contributed by atoms with Gasteiger partial charge < -0.3 is 10.3 Å². The number of carbonyl (C=O) groups is 1. The standard InChI is InChI=1S/C20H16F2N6O3S/c21-20(22)28-8-13(7-24-28)17-5-11-4-12(6-23-18(11)27-17)15-2-1-3-16(26-15)19(29)25-14-9-32(30,31)10-14/h1-8,14,20H,9-10H2,(H,23,27)(H,25,29). The van der Waals surface area contributed by atoms with Crippen molar-refractivity contribution in [1.29, 1.82) is 0 Å². The first-order valence-corrected chi connectivity index (χ1v) is 11.4. The minimum Gasteiger partial charge on any atom is -0.346 e. The van der Waals surface area contributed by atoms with Gasteiger partial charge in [-0.15, -0.1) is 0 Å². The summed E-state index contributed by atoms with van der Waals surface area (Å²) in [5.41, 5.74) is 3.00. The zero-order valence-corrected chi connectivity index (χ0v) is 17.2. The van der Waals surface area contributed by atoms with E-state index in [0.29, 0.717) is 32.8 Å². The fourth-order valence-electron chi connectivity index (χ4n) is 3.52. The second kappa shape index (κ2) is 7.48. The monoisotopic (exact) mass is 458 g/mol. The highest BCUT2D eigenvalue weighted by molar-refractivity contribution is 7.92. The fourth-order valence-corrected chi connectivity index (χ4v) is 4.82. The van der Waals surface area contributed by atoms with Crippen LogP contribution < -0.4 is 5.32 Å². The Labute approximate surface area is 180 Å². The van der Waals surface area contributed by atoms with Crippen LogP contribution in [0, 0.1) is 0 Å². The zero-order chi connectivity index (χ0) is 22.5. The van der Waals surface area contributed by atoms with E-state index in [9.17, 15) is 22.0 Å². The van der Waals surface area contributed by atoms with Crippen molar-refractivity contribution in [2.45, 2.75) is 12.6 Å². The molecule has 164 valence electrons. The predicted molar refractivity (Wildman–Crippen MR) is 112 cm³/mol.